The summed E-state index contributed by atoms with van der Waals surface area (Å²) in [7, 11) is 0. The quantitative estimate of drug-likeness (QED) is 0.115. The van der Waals surface area contributed by atoms with E-state index in [1.165, 1.54) is 23.5 Å². The zero-order chi connectivity index (χ0) is 29.8. The number of esters is 1. The molecule has 2 heterocycles. The van der Waals surface area contributed by atoms with Crippen LogP contribution in [0.25, 0.3) is 6.08 Å². The first-order valence-corrected chi connectivity index (χ1v) is 15.1. The largest absolute Gasteiger partial charge is 0.489 e. The van der Waals surface area contributed by atoms with E-state index < -0.39 is 16.9 Å². The second kappa shape index (κ2) is 12.6. The number of thiazole rings is 1. The van der Waals surface area contributed by atoms with Crippen molar-refractivity contribution in [1.29, 1.82) is 0 Å². The van der Waals surface area contributed by atoms with Crippen molar-refractivity contribution in [3.05, 3.63) is 131 Å². The molecule has 42 heavy (non-hydrogen) atoms. The maximum Gasteiger partial charge on any atom is 0.338 e. The standard InChI is InChI=1S/C31H27N3O6S2/c1-4-39-30(36)27-19(2)32-31-33(28(27)22-9-15-25(41-3)16-10-22)29(35)26(42-31)17-20-7-13-24(14-8-20)40-18-21-5-11-23(12-6-21)34(37)38/h5-17,28H,4,18H2,1-3H3/b26-17-/t28-/m0/s1. The highest BCUT2D eigenvalue weighted by molar-refractivity contribution is 7.98. The van der Waals surface area contributed by atoms with Crippen molar-refractivity contribution in [2.24, 2.45) is 4.99 Å². The molecule has 0 N–H and O–H groups in total. The van der Waals surface area contributed by atoms with E-state index in [2.05, 4.69) is 4.99 Å². The number of carbonyl (C=O) groups is 1. The van der Waals surface area contributed by atoms with E-state index in [0.29, 0.717) is 26.4 Å². The second-order valence-electron chi connectivity index (χ2n) is 9.36. The molecular formula is C31H27N3O6S2. The molecule has 0 bridgehead atoms. The van der Waals surface area contributed by atoms with Crippen LogP contribution in [0.2, 0.25) is 0 Å². The summed E-state index contributed by atoms with van der Waals surface area (Å²) in [5, 5.41) is 10.8. The molecule has 1 aliphatic heterocycles. The lowest BCUT2D eigenvalue weighted by Gasteiger charge is -2.24. The van der Waals surface area contributed by atoms with Crippen LogP contribution in [-0.4, -0.2) is 28.3 Å². The minimum Gasteiger partial charge on any atom is -0.489 e. The smallest absolute Gasteiger partial charge is 0.338 e. The molecule has 3 aromatic carbocycles. The molecule has 11 heteroatoms. The first-order valence-electron chi connectivity index (χ1n) is 13.1. The van der Waals surface area contributed by atoms with Gasteiger partial charge in [0.25, 0.3) is 11.2 Å². The van der Waals surface area contributed by atoms with Gasteiger partial charge in [-0.05, 0) is 79.3 Å². The Labute approximate surface area is 249 Å². The van der Waals surface area contributed by atoms with Gasteiger partial charge in [-0.15, -0.1) is 11.8 Å². The Morgan fingerprint density at radius 3 is 2.40 bits per heavy atom. The molecule has 1 atom stereocenters. The number of allylic oxidation sites excluding steroid dienone is 1. The molecule has 0 radical (unpaired) electrons. The molecule has 0 saturated carbocycles. The number of fused-ring (bicyclic) bond motifs is 1. The first-order chi connectivity index (χ1) is 20.3. The van der Waals surface area contributed by atoms with Gasteiger partial charge in [0, 0.05) is 17.0 Å². The zero-order valence-electron chi connectivity index (χ0n) is 23.1. The molecule has 214 valence electrons. The Hall–Kier alpha value is -4.48. The Bertz CT molecular complexity index is 1840. The van der Waals surface area contributed by atoms with E-state index in [1.807, 2.05) is 42.7 Å². The minimum atomic E-state index is -0.659. The molecule has 0 aliphatic carbocycles. The van der Waals surface area contributed by atoms with Crippen LogP contribution < -0.4 is 19.6 Å². The SMILES string of the molecule is CCOC(=O)C1=C(C)N=c2s/c(=C\c3ccc(OCc4ccc([N+](=O)[O-])cc4)cc3)c(=O)n2[C@H]1c1ccc(SC)cc1. The van der Waals surface area contributed by atoms with E-state index in [9.17, 15) is 19.7 Å². The lowest BCUT2D eigenvalue weighted by Crippen LogP contribution is -2.39. The molecule has 0 saturated heterocycles. The Morgan fingerprint density at radius 1 is 1.10 bits per heavy atom. The van der Waals surface area contributed by atoms with Gasteiger partial charge in [-0.25, -0.2) is 9.79 Å². The van der Waals surface area contributed by atoms with Crippen LogP contribution in [0.5, 0.6) is 5.75 Å². The molecule has 5 rings (SSSR count). The Morgan fingerprint density at radius 2 is 1.79 bits per heavy atom. The number of hydrogen-bond donors (Lipinski definition) is 0. The summed E-state index contributed by atoms with van der Waals surface area (Å²) in [6, 6.07) is 20.6. The third kappa shape index (κ3) is 6.07. The molecule has 4 aromatic rings. The summed E-state index contributed by atoms with van der Waals surface area (Å²) in [6.07, 6.45) is 3.78. The van der Waals surface area contributed by atoms with Gasteiger partial charge in [-0.1, -0.05) is 35.6 Å². The number of hydrogen-bond acceptors (Lipinski definition) is 9. The third-order valence-corrected chi connectivity index (χ3v) is 8.41. The summed E-state index contributed by atoms with van der Waals surface area (Å²) in [4.78, 5) is 43.4. The molecule has 0 spiro atoms. The van der Waals surface area contributed by atoms with Gasteiger partial charge < -0.3 is 9.47 Å². The predicted molar refractivity (Wildman–Crippen MR) is 162 cm³/mol. The van der Waals surface area contributed by atoms with Crippen molar-refractivity contribution >= 4 is 40.8 Å². The van der Waals surface area contributed by atoms with Crippen molar-refractivity contribution in [3.63, 3.8) is 0 Å². The average molecular weight is 602 g/mol. The molecular weight excluding hydrogens is 574 g/mol. The second-order valence-corrected chi connectivity index (χ2v) is 11.2. The lowest BCUT2D eigenvalue weighted by molar-refractivity contribution is -0.384. The number of nitro benzene ring substituents is 1. The van der Waals surface area contributed by atoms with Crippen LogP contribution in [-0.2, 0) is 16.1 Å². The van der Waals surface area contributed by atoms with Gasteiger partial charge in [-0.2, -0.15) is 0 Å². The van der Waals surface area contributed by atoms with E-state index in [4.69, 9.17) is 9.47 Å². The van der Waals surface area contributed by atoms with Gasteiger partial charge in [0.05, 0.1) is 33.4 Å². The lowest BCUT2D eigenvalue weighted by atomic mass is 9.96. The van der Waals surface area contributed by atoms with Crippen LogP contribution in [0, 0.1) is 10.1 Å². The first kappa shape index (κ1) is 29.0. The molecule has 0 unspecified atom stereocenters. The minimum absolute atomic E-state index is 0.0282. The topological polar surface area (TPSA) is 113 Å². The fourth-order valence-corrected chi connectivity index (χ4v) is 6.04. The van der Waals surface area contributed by atoms with Crippen LogP contribution in [0.3, 0.4) is 0 Å². The highest BCUT2D eigenvalue weighted by Gasteiger charge is 2.33. The number of non-ortho nitro benzene ring substituents is 1. The monoisotopic (exact) mass is 601 g/mol. The molecule has 1 aromatic heterocycles. The van der Waals surface area contributed by atoms with E-state index in [0.717, 1.165) is 21.6 Å². The van der Waals surface area contributed by atoms with Crippen molar-refractivity contribution in [1.82, 2.24) is 4.57 Å². The van der Waals surface area contributed by atoms with Crippen molar-refractivity contribution in [2.75, 3.05) is 12.9 Å². The number of carbonyl (C=O) groups excluding carboxylic acids is 1. The van der Waals surface area contributed by atoms with Crippen LogP contribution in [0.4, 0.5) is 5.69 Å². The highest BCUT2D eigenvalue weighted by atomic mass is 32.2. The molecule has 0 fully saturated rings. The maximum atomic E-state index is 13.8. The summed E-state index contributed by atoms with van der Waals surface area (Å²) in [5.41, 5.74) is 3.06. The number of benzene rings is 3. The molecule has 1 aliphatic rings. The summed E-state index contributed by atoms with van der Waals surface area (Å²) in [6.45, 7) is 3.99. The van der Waals surface area contributed by atoms with E-state index in [-0.39, 0.29) is 24.5 Å². The summed E-state index contributed by atoms with van der Waals surface area (Å²) in [5.74, 6) is 0.131. The van der Waals surface area contributed by atoms with Crippen molar-refractivity contribution in [3.8, 4) is 5.75 Å². The molecule has 9 nitrogen and oxygen atoms in total. The number of thioether (sulfide) groups is 1. The van der Waals surface area contributed by atoms with Gasteiger partial charge >= 0.3 is 5.97 Å². The average Bonchev–Trinajstić information content (AvgIpc) is 3.30. The maximum absolute atomic E-state index is 13.8. The third-order valence-electron chi connectivity index (χ3n) is 6.68. The number of aromatic nitrogens is 1. The van der Waals surface area contributed by atoms with Crippen LogP contribution in [0.1, 0.15) is 36.6 Å². The van der Waals surface area contributed by atoms with Crippen LogP contribution >= 0.6 is 23.1 Å². The number of nitrogens with zero attached hydrogens (tertiary/aromatic N) is 3. The van der Waals surface area contributed by atoms with Gasteiger partial charge in [0.15, 0.2) is 4.80 Å². The van der Waals surface area contributed by atoms with Crippen LogP contribution in [0.15, 0.2) is 98.7 Å². The highest BCUT2D eigenvalue weighted by Crippen LogP contribution is 2.31. The van der Waals surface area contributed by atoms with Gasteiger partial charge in [0.1, 0.15) is 12.4 Å². The van der Waals surface area contributed by atoms with E-state index in [1.54, 1.807) is 60.5 Å². The number of rotatable bonds is 9. The number of nitro groups is 1. The van der Waals surface area contributed by atoms with Crippen molar-refractivity contribution < 1.29 is 19.2 Å². The number of ether oxygens (including phenoxy) is 2. The summed E-state index contributed by atoms with van der Waals surface area (Å²) >= 11 is 2.88. The Balaban J connectivity index is 1.45. The predicted octanol–water partition coefficient (Wildman–Crippen LogP) is 5.01. The van der Waals surface area contributed by atoms with Gasteiger partial charge in [-0.3, -0.25) is 19.5 Å². The fraction of sp³-hybridized carbons (Fsp3) is 0.194. The van der Waals surface area contributed by atoms with E-state index >= 15 is 0 Å². The fourth-order valence-electron chi connectivity index (χ4n) is 4.59. The summed E-state index contributed by atoms with van der Waals surface area (Å²) < 4.78 is 13.2. The zero-order valence-corrected chi connectivity index (χ0v) is 24.7. The molecule has 0 amide bonds. The van der Waals surface area contributed by atoms with Gasteiger partial charge in [0.2, 0.25) is 0 Å². The normalized spacial score (nSPS) is 14.7. The van der Waals surface area contributed by atoms with Crippen molar-refractivity contribution in [2.45, 2.75) is 31.4 Å². The Kier molecular flexibility index (Phi) is 8.69.